The van der Waals surface area contributed by atoms with Crippen LogP contribution in [0.3, 0.4) is 0 Å². The molecule has 3 heterocycles. The van der Waals surface area contributed by atoms with Crippen LogP contribution in [-0.4, -0.2) is 84.9 Å². The van der Waals surface area contributed by atoms with Crippen molar-refractivity contribution in [2.75, 3.05) is 45.1 Å². The molecule has 0 bridgehead atoms. The van der Waals surface area contributed by atoms with Crippen molar-refractivity contribution < 1.29 is 17.9 Å². The number of carbonyl (C=O) groups is 1. The Balaban J connectivity index is 0.00000261. The fourth-order valence-corrected chi connectivity index (χ4v) is 4.52. The smallest absolute Gasteiger partial charge is 0.274 e. The average Bonchev–Trinajstić information content (AvgIpc) is 3.05. The number of fused-ring (bicyclic) bond motifs is 1. The summed E-state index contributed by atoms with van der Waals surface area (Å²) in [5.41, 5.74) is 2.40. The third-order valence-electron chi connectivity index (χ3n) is 4.72. The van der Waals surface area contributed by atoms with Crippen molar-refractivity contribution in [3.8, 4) is 0 Å². The van der Waals surface area contributed by atoms with Crippen LogP contribution in [0.5, 0.6) is 0 Å². The molecule has 1 amide bonds. The molecular formula is C16H28ClN5O4S. The van der Waals surface area contributed by atoms with E-state index in [0.717, 1.165) is 24.2 Å². The van der Waals surface area contributed by atoms with E-state index in [4.69, 9.17) is 4.74 Å². The van der Waals surface area contributed by atoms with Crippen LogP contribution in [0.15, 0.2) is 0 Å². The number of sulfonamides is 1. The number of piperazine rings is 1. The first kappa shape index (κ1) is 22.1. The Bertz CT molecular complexity index is 744. The van der Waals surface area contributed by atoms with Gasteiger partial charge in [0.05, 0.1) is 18.5 Å². The fraction of sp³-hybridized carbons (Fsp3) is 0.750. The van der Waals surface area contributed by atoms with Gasteiger partial charge in [-0.15, -0.1) is 12.4 Å². The predicted octanol–water partition coefficient (Wildman–Crippen LogP) is -0.0102. The van der Waals surface area contributed by atoms with Crippen molar-refractivity contribution in [1.82, 2.24) is 24.7 Å². The number of hydrogen-bond donors (Lipinski definition) is 2. The molecular weight excluding hydrogens is 394 g/mol. The summed E-state index contributed by atoms with van der Waals surface area (Å²) in [6.07, 6.45) is 0.842. The molecule has 0 aliphatic carbocycles. The highest BCUT2D eigenvalue weighted by Crippen LogP contribution is 2.18. The Kier molecular flexibility index (Phi) is 7.64. The van der Waals surface area contributed by atoms with Crippen molar-refractivity contribution in [3.05, 3.63) is 17.0 Å². The monoisotopic (exact) mass is 421 g/mol. The van der Waals surface area contributed by atoms with E-state index in [1.165, 1.54) is 4.31 Å². The number of ether oxygens (including phenoxy) is 1. The first-order chi connectivity index (χ1) is 12.4. The molecule has 2 N–H and O–H groups in total. The van der Waals surface area contributed by atoms with Crippen molar-refractivity contribution in [2.45, 2.75) is 32.9 Å². The van der Waals surface area contributed by atoms with Gasteiger partial charge in [0, 0.05) is 56.9 Å². The first-order valence-electron chi connectivity index (χ1n) is 9.04. The van der Waals surface area contributed by atoms with Crippen LogP contribution in [0.4, 0.5) is 0 Å². The molecule has 1 aromatic rings. The second-order valence-electron chi connectivity index (χ2n) is 6.88. The van der Waals surface area contributed by atoms with Crippen LogP contribution in [0.25, 0.3) is 0 Å². The highest BCUT2D eigenvalue weighted by Gasteiger charge is 2.31. The lowest BCUT2D eigenvalue weighted by atomic mass is 10.1. The summed E-state index contributed by atoms with van der Waals surface area (Å²) >= 11 is 0. The van der Waals surface area contributed by atoms with Crippen molar-refractivity contribution in [1.29, 1.82) is 0 Å². The van der Waals surface area contributed by atoms with E-state index in [-0.39, 0.29) is 36.8 Å². The molecule has 0 atom stereocenters. The summed E-state index contributed by atoms with van der Waals surface area (Å²) in [6.45, 7) is 6.81. The number of amides is 1. The standard InChI is InChI=1S/C16H27N5O4S.ClH/c1-12(2)25-9-10-26(23,24)21-7-5-20(6-8-21)16(22)15-13-11-17-4-3-14(13)18-19-15;/h12,17H,3-11H2,1-2H3,(H,18,19);1H. The van der Waals surface area contributed by atoms with Crippen LogP contribution < -0.4 is 5.32 Å². The van der Waals surface area contributed by atoms with E-state index in [1.54, 1.807) is 4.90 Å². The minimum atomic E-state index is -3.36. The molecule has 1 saturated heterocycles. The summed E-state index contributed by atoms with van der Waals surface area (Å²) in [5.74, 6) is -0.163. The van der Waals surface area contributed by atoms with Gasteiger partial charge in [-0.1, -0.05) is 0 Å². The number of aromatic nitrogens is 2. The number of nitrogens with zero attached hydrogens (tertiary/aromatic N) is 3. The molecule has 0 spiro atoms. The lowest BCUT2D eigenvalue weighted by Crippen LogP contribution is -2.51. The number of halogens is 1. The molecule has 0 aromatic carbocycles. The minimum Gasteiger partial charge on any atom is -0.378 e. The zero-order valence-electron chi connectivity index (χ0n) is 15.7. The van der Waals surface area contributed by atoms with E-state index >= 15 is 0 Å². The maximum absolute atomic E-state index is 12.8. The average molecular weight is 422 g/mol. The number of aromatic amines is 1. The Labute approximate surface area is 166 Å². The van der Waals surface area contributed by atoms with Crippen molar-refractivity contribution in [2.24, 2.45) is 0 Å². The Hall–Kier alpha value is -1.20. The summed E-state index contributed by atoms with van der Waals surface area (Å²) < 4.78 is 31.5. The fourth-order valence-electron chi connectivity index (χ4n) is 3.24. The van der Waals surface area contributed by atoms with Gasteiger partial charge < -0.3 is 15.0 Å². The summed E-state index contributed by atoms with van der Waals surface area (Å²) in [5, 5.41) is 10.4. The Morgan fingerprint density at radius 3 is 2.63 bits per heavy atom. The molecule has 0 radical (unpaired) electrons. The number of rotatable bonds is 6. The number of nitrogens with one attached hydrogen (secondary N) is 2. The van der Waals surface area contributed by atoms with E-state index < -0.39 is 10.0 Å². The van der Waals surface area contributed by atoms with Crippen LogP contribution in [0.1, 0.15) is 35.6 Å². The lowest BCUT2D eigenvalue weighted by Gasteiger charge is -2.34. The third-order valence-corrected chi connectivity index (χ3v) is 6.56. The van der Waals surface area contributed by atoms with Crippen LogP contribution in [0, 0.1) is 0 Å². The molecule has 27 heavy (non-hydrogen) atoms. The summed E-state index contributed by atoms with van der Waals surface area (Å²) in [7, 11) is -3.36. The topological polar surface area (TPSA) is 108 Å². The van der Waals surface area contributed by atoms with E-state index in [1.807, 2.05) is 13.8 Å². The SMILES string of the molecule is CC(C)OCCS(=O)(=O)N1CCN(C(=O)c2n[nH]c3c2CNCC3)CC1.Cl. The maximum atomic E-state index is 12.8. The minimum absolute atomic E-state index is 0. The molecule has 1 fully saturated rings. The van der Waals surface area contributed by atoms with E-state index in [2.05, 4.69) is 15.5 Å². The lowest BCUT2D eigenvalue weighted by molar-refractivity contribution is 0.0686. The quantitative estimate of drug-likeness (QED) is 0.668. The van der Waals surface area contributed by atoms with Gasteiger partial charge in [-0.05, 0) is 13.8 Å². The molecule has 3 rings (SSSR count). The molecule has 154 valence electrons. The number of hydrogen-bond acceptors (Lipinski definition) is 6. The van der Waals surface area contributed by atoms with Crippen LogP contribution in [-0.2, 0) is 27.7 Å². The molecule has 2 aliphatic rings. The molecule has 2 aliphatic heterocycles. The molecule has 1 aromatic heterocycles. The largest absolute Gasteiger partial charge is 0.378 e. The van der Waals surface area contributed by atoms with Gasteiger partial charge in [-0.2, -0.15) is 9.40 Å². The molecule has 0 saturated carbocycles. The second kappa shape index (κ2) is 9.33. The van der Waals surface area contributed by atoms with Gasteiger partial charge in [-0.25, -0.2) is 8.42 Å². The zero-order valence-corrected chi connectivity index (χ0v) is 17.4. The predicted molar refractivity (Wildman–Crippen MR) is 104 cm³/mol. The van der Waals surface area contributed by atoms with E-state index in [0.29, 0.717) is 38.4 Å². The number of carbonyl (C=O) groups excluding carboxylic acids is 1. The molecule has 9 nitrogen and oxygen atoms in total. The summed E-state index contributed by atoms with van der Waals surface area (Å²) in [4.78, 5) is 14.4. The third kappa shape index (κ3) is 5.20. The molecule has 0 unspecified atom stereocenters. The normalized spacial score (nSPS) is 18.3. The van der Waals surface area contributed by atoms with Gasteiger partial charge in [0.15, 0.2) is 5.69 Å². The Morgan fingerprint density at radius 2 is 1.96 bits per heavy atom. The van der Waals surface area contributed by atoms with Gasteiger partial charge in [-0.3, -0.25) is 9.89 Å². The van der Waals surface area contributed by atoms with Gasteiger partial charge in [0.25, 0.3) is 5.91 Å². The maximum Gasteiger partial charge on any atom is 0.274 e. The van der Waals surface area contributed by atoms with Gasteiger partial charge >= 0.3 is 0 Å². The first-order valence-corrected chi connectivity index (χ1v) is 10.6. The zero-order chi connectivity index (χ0) is 18.7. The van der Waals surface area contributed by atoms with E-state index in [9.17, 15) is 13.2 Å². The molecule has 11 heteroatoms. The van der Waals surface area contributed by atoms with Gasteiger partial charge in [0.2, 0.25) is 10.0 Å². The highest BCUT2D eigenvalue weighted by molar-refractivity contribution is 7.89. The second-order valence-corrected chi connectivity index (χ2v) is 8.97. The summed E-state index contributed by atoms with van der Waals surface area (Å²) in [6, 6.07) is 0. The van der Waals surface area contributed by atoms with Crippen LogP contribution in [0.2, 0.25) is 0 Å². The number of H-pyrrole nitrogens is 1. The highest BCUT2D eigenvalue weighted by atomic mass is 35.5. The van der Waals surface area contributed by atoms with Crippen molar-refractivity contribution >= 4 is 28.3 Å². The van der Waals surface area contributed by atoms with Crippen molar-refractivity contribution in [3.63, 3.8) is 0 Å². The van der Waals surface area contributed by atoms with Gasteiger partial charge in [0.1, 0.15) is 0 Å². The Morgan fingerprint density at radius 1 is 1.26 bits per heavy atom. The van der Waals surface area contributed by atoms with Crippen LogP contribution >= 0.6 is 12.4 Å².